The zero-order valence-corrected chi connectivity index (χ0v) is 19.3. The van der Waals surface area contributed by atoms with Crippen molar-refractivity contribution >= 4 is 6.09 Å². The van der Waals surface area contributed by atoms with Crippen LogP contribution in [-0.2, 0) is 26.2 Å². The van der Waals surface area contributed by atoms with Crippen LogP contribution in [0.4, 0.5) is 4.79 Å². The number of hydrogen-bond donors (Lipinski definition) is 1. The van der Waals surface area contributed by atoms with Crippen LogP contribution in [0, 0.1) is 0 Å². The van der Waals surface area contributed by atoms with E-state index in [-0.39, 0.29) is 0 Å². The number of carbonyl (C=O) groups is 1. The van der Waals surface area contributed by atoms with Crippen LogP contribution in [0.25, 0.3) is 11.1 Å². The van der Waals surface area contributed by atoms with E-state index >= 15 is 0 Å². The predicted octanol–water partition coefficient (Wildman–Crippen LogP) is 5.94. The molecule has 0 unspecified atom stereocenters. The molecule has 0 saturated heterocycles. The highest BCUT2D eigenvalue weighted by Gasteiger charge is 2.21. The third-order valence-electron chi connectivity index (χ3n) is 6.08. The summed E-state index contributed by atoms with van der Waals surface area (Å²) in [5.74, 6) is 0.998. The molecule has 0 aliphatic carbocycles. The minimum atomic E-state index is -0.883. The van der Waals surface area contributed by atoms with Gasteiger partial charge in [0.25, 0.3) is 0 Å². The van der Waals surface area contributed by atoms with Gasteiger partial charge in [-0.05, 0) is 40.3 Å². The fourth-order valence-electron chi connectivity index (χ4n) is 4.17. The second-order valence-corrected chi connectivity index (χ2v) is 8.49. The maximum atomic E-state index is 11.4. The number of ether oxygens (including phenoxy) is 2. The van der Waals surface area contributed by atoms with Crippen molar-refractivity contribution in [1.82, 2.24) is 9.88 Å². The molecule has 5 rings (SSSR count). The van der Waals surface area contributed by atoms with Crippen molar-refractivity contribution in [3.05, 3.63) is 113 Å². The predicted molar refractivity (Wildman–Crippen MR) is 133 cm³/mol. The van der Waals surface area contributed by atoms with Crippen molar-refractivity contribution in [2.75, 3.05) is 6.54 Å². The van der Waals surface area contributed by atoms with Crippen LogP contribution in [0.15, 0.2) is 91.0 Å². The third-order valence-corrected chi connectivity index (χ3v) is 6.08. The van der Waals surface area contributed by atoms with Crippen molar-refractivity contribution in [3.8, 4) is 22.9 Å². The number of benzene rings is 3. The second-order valence-electron chi connectivity index (χ2n) is 8.49. The summed E-state index contributed by atoms with van der Waals surface area (Å²) in [6.07, 6.45) is -0.201. The Morgan fingerprint density at radius 1 is 0.829 bits per heavy atom. The molecule has 4 aromatic rings. The monoisotopic (exact) mass is 466 g/mol. The molecular formula is C29H26N2O4. The Morgan fingerprint density at radius 3 is 2.20 bits per heavy atom. The molecule has 1 aliphatic rings. The number of amides is 1. The lowest BCUT2D eigenvalue weighted by molar-refractivity contribution is 0.140. The van der Waals surface area contributed by atoms with Gasteiger partial charge in [0.1, 0.15) is 13.2 Å². The smallest absolute Gasteiger partial charge is 0.407 e. The highest BCUT2D eigenvalue weighted by Crippen LogP contribution is 2.34. The Morgan fingerprint density at radius 2 is 1.51 bits per heavy atom. The van der Waals surface area contributed by atoms with Gasteiger partial charge in [-0.1, -0.05) is 78.9 Å². The summed E-state index contributed by atoms with van der Waals surface area (Å²) in [7, 11) is 0. The van der Waals surface area contributed by atoms with Crippen LogP contribution in [0.1, 0.15) is 22.3 Å². The summed E-state index contributed by atoms with van der Waals surface area (Å²) in [5.41, 5.74) is 6.16. The molecule has 3 aromatic carbocycles. The minimum Gasteiger partial charge on any atom is -0.473 e. The van der Waals surface area contributed by atoms with E-state index in [1.165, 1.54) is 4.90 Å². The van der Waals surface area contributed by atoms with E-state index in [4.69, 9.17) is 14.5 Å². The van der Waals surface area contributed by atoms with Crippen LogP contribution in [0.3, 0.4) is 0 Å². The van der Waals surface area contributed by atoms with E-state index in [2.05, 4.69) is 6.07 Å². The van der Waals surface area contributed by atoms with E-state index in [1.807, 2.05) is 84.9 Å². The molecule has 176 valence electrons. The zero-order chi connectivity index (χ0) is 24.0. The Labute approximate surface area is 204 Å². The van der Waals surface area contributed by atoms with Crippen LogP contribution >= 0.6 is 0 Å². The number of aromatic nitrogens is 1. The van der Waals surface area contributed by atoms with Gasteiger partial charge in [-0.3, -0.25) is 0 Å². The average Bonchev–Trinajstić information content (AvgIpc) is 2.91. The molecule has 35 heavy (non-hydrogen) atoms. The summed E-state index contributed by atoms with van der Waals surface area (Å²) in [4.78, 5) is 17.5. The zero-order valence-electron chi connectivity index (χ0n) is 19.3. The molecule has 0 saturated carbocycles. The first-order valence-electron chi connectivity index (χ1n) is 11.6. The van der Waals surface area contributed by atoms with E-state index in [1.54, 1.807) is 0 Å². The Balaban J connectivity index is 1.42. The molecule has 1 aromatic heterocycles. The fraction of sp³-hybridized carbons (Fsp3) is 0.172. The maximum absolute atomic E-state index is 11.4. The van der Waals surface area contributed by atoms with E-state index in [9.17, 15) is 9.90 Å². The number of hydrogen-bond acceptors (Lipinski definition) is 4. The minimum absolute atomic E-state index is 0.390. The first-order chi connectivity index (χ1) is 17.2. The lowest BCUT2D eigenvalue weighted by atomic mass is 9.95. The molecule has 1 amide bonds. The molecule has 6 nitrogen and oxygen atoms in total. The molecule has 1 N–H and O–H groups in total. The van der Waals surface area contributed by atoms with Crippen molar-refractivity contribution < 1.29 is 19.4 Å². The Bertz CT molecular complexity index is 1310. The summed E-state index contributed by atoms with van der Waals surface area (Å²) >= 11 is 0. The quantitative estimate of drug-likeness (QED) is 0.365. The molecular weight excluding hydrogens is 440 g/mol. The van der Waals surface area contributed by atoms with Crippen LogP contribution in [0.5, 0.6) is 11.8 Å². The van der Waals surface area contributed by atoms with Gasteiger partial charge in [0.15, 0.2) is 0 Å². The molecule has 0 bridgehead atoms. The fourth-order valence-corrected chi connectivity index (χ4v) is 4.17. The number of rotatable bonds is 7. The number of fused-ring (bicyclic) bond motifs is 1. The van der Waals surface area contributed by atoms with Crippen LogP contribution < -0.4 is 9.47 Å². The van der Waals surface area contributed by atoms with Gasteiger partial charge in [-0.15, -0.1) is 0 Å². The summed E-state index contributed by atoms with van der Waals surface area (Å²) < 4.78 is 12.1. The van der Waals surface area contributed by atoms with Crippen molar-refractivity contribution in [3.63, 3.8) is 0 Å². The topological polar surface area (TPSA) is 71.9 Å². The highest BCUT2D eigenvalue weighted by atomic mass is 16.5. The highest BCUT2D eigenvalue weighted by molar-refractivity contribution is 5.71. The van der Waals surface area contributed by atoms with Gasteiger partial charge in [0, 0.05) is 24.7 Å². The molecule has 0 radical (unpaired) electrons. The number of pyridine rings is 1. The first kappa shape index (κ1) is 22.5. The SMILES string of the molecule is O=C(O)N1CCc2cc(-c3ccc(OCc4ccccc4)nc3OCc3ccccc3)ccc2C1. The van der Waals surface area contributed by atoms with Crippen molar-refractivity contribution in [1.29, 1.82) is 0 Å². The summed E-state index contributed by atoms with van der Waals surface area (Å²) in [5, 5.41) is 9.32. The van der Waals surface area contributed by atoms with Gasteiger partial charge in [-0.25, -0.2) is 4.79 Å². The first-order valence-corrected chi connectivity index (χ1v) is 11.6. The van der Waals surface area contributed by atoms with Crippen molar-refractivity contribution in [2.45, 2.75) is 26.2 Å². The largest absolute Gasteiger partial charge is 0.473 e. The second kappa shape index (κ2) is 10.3. The molecule has 6 heteroatoms. The van der Waals surface area contributed by atoms with E-state index in [0.717, 1.165) is 33.4 Å². The molecule has 2 heterocycles. The van der Waals surface area contributed by atoms with Gasteiger partial charge in [0.05, 0.1) is 0 Å². The summed E-state index contributed by atoms with van der Waals surface area (Å²) in [6.45, 7) is 1.71. The van der Waals surface area contributed by atoms with Crippen molar-refractivity contribution in [2.24, 2.45) is 0 Å². The Hall–Kier alpha value is -4.32. The lowest BCUT2D eigenvalue weighted by Crippen LogP contribution is -2.34. The van der Waals surface area contributed by atoms with Gasteiger partial charge in [0.2, 0.25) is 11.8 Å². The molecule has 0 fully saturated rings. The molecule has 1 aliphatic heterocycles. The van der Waals surface area contributed by atoms with Crippen LogP contribution in [0.2, 0.25) is 0 Å². The lowest BCUT2D eigenvalue weighted by Gasteiger charge is -2.26. The standard InChI is InChI=1S/C29H26N2O4/c32-29(33)31-16-15-23-17-24(11-12-25(23)18-31)26-13-14-27(34-19-21-7-3-1-4-8-21)30-28(26)35-20-22-9-5-2-6-10-22/h1-14,17H,15-16,18-20H2,(H,32,33). The third kappa shape index (κ3) is 5.44. The Kier molecular flexibility index (Phi) is 6.61. The molecule has 0 atom stereocenters. The van der Waals surface area contributed by atoms with Gasteiger partial charge < -0.3 is 19.5 Å². The molecule has 0 spiro atoms. The summed E-state index contributed by atoms with van der Waals surface area (Å²) in [6, 6.07) is 29.9. The van der Waals surface area contributed by atoms with E-state index < -0.39 is 6.09 Å². The maximum Gasteiger partial charge on any atom is 0.407 e. The number of carboxylic acid groups (broad SMARTS) is 1. The van der Waals surface area contributed by atoms with E-state index in [0.29, 0.717) is 44.5 Å². The normalized spacial score (nSPS) is 12.6. The van der Waals surface area contributed by atoms with Gasteiger partial charge in [-0.2, -0.15) is 4.98 Å². The number of nitrogens with zero attached hydrogens (tertiary/aromatic N) is 2. The van der Waals surface area contributed by atoms with Gasteiger partial charge >= 0.3 is 6.09 Å². The van der Waals surface area contributed by atoms with Crippen LogP contribution in [-0.4, -0.2) is 27.6 Å². The average molecular weight is 467 g/mol.